The molecule has 0 radical (unpaired) electrons. The summed E-state index contributed by atoms with van der Waals surface area (Å²) in [5, 5.41) is 2.69. The molecule has 0 aliphatic heterocycles. The summed E-state index contributed by atoms with van der Waals surface area (Å²) >= 11 is 0. The van der Waals surface area contributed by atoms with E-state index in [2.05, 4.69) is 43.4 Å². The van der Waals surface area contributed by atoms with Crippen molar-refractivity contribution in [3.8, 4) is 11.5 Å². The first-order valence-corrected chi connectivity index (χ1v) is 8.74. The van der Waals surface area contributed by atoms with Crippen LogP contribution in [0.1, 0.15) is 37.8 Å². The zero-order valence-electron chi connectivity index (χ0n) is 16.3. The topological polar surface area (TPSA) is 47.6 Å². The van der Waals surface area contributed by atoms with Crippen LogP contribution in [0.15, 0.2) is 54.6 Å². The van der Waals surface area contributed by atoms with Gasteiger partial charge in [0.05, 0.1) is 14.2 Å². The van der Waals surface area contributed by atoms with Gasteiger partial charge in [-0.05, 0) is 42.2 Å². The lowest BCUT2D eigenvalue weighted by Gasteiger charge is -2.07. The quantitative estimate of drug-likeness (QED) is 0.767. The highest BCUT2D eigenvalue weighted by molar-refractivity contribution is 5.91. The fourth-order valence-electron chi connectivity index (χ4n) is 2.20. The van der Waals surface area contributed by atoms with Gasteiger partial charge < -0.3 is 14.8 Å². The molecule has 140 valence electrons. The average molecular weight is 355 g/mol. The van der Waals surface area contributed by atoms with E-state index in [0.29, 0.717) is 24.0 Å². The number of likely N-dealkylation sites (N-methyl/N-ethyl adjacent to an activating group) is 1. The van der Waals surface area contributed by atoms with Crippen LogP contribution in [0.2, 0.25) is 0 Å². The number of benzene rings is 2. The molecule has 0 atom stereocenters. The molecular weight excluding hydrogens is 326 g/mol. The number of carbonyl (C=O) groups excluding carboxylic acids is 1. The third kappa shape index (κ3) is 7.43. The van der Waals surface area contributed by atoms with Crippen LogP contribution >= 0.6 is 0 Å². The molecule has 0 saturated carbocycles. The first-order chi connectivity index (χ1) is 12.5. The van der Waals surface area contributed by atoms with Crippen molar-refractivity contribution in [3.63, 3.8) is 0 Å². The molecule has 1 N–H and O–H groups in total. The third-order valence-corrected chi connectivity index (χ3v) is 3.65. The maximum Gasteiger partial charge on any atom is 0.243 e. The van der Waals surface area contributed by atoms with Gasteiger partial charge in [-0.1, -0.05) is 50.2 Å². The summed E-state index contributed by atoms with van der Waals surface area (Å²) in [6, 6.07) is 16.0. The molecule has 0 spiro atoms. The fraction of sp³-hybridized carbons (Fsp3) is 0.318. The number of amides is 1. The molecule has 1 amide bonds. The highest BCUT2D eigenvalue weighted by Gasteiger charge is 2.02. The summed E-state index contributed by atoms with van der Waals surface area (Å²) in [6.45, 7) is 6.90. The Balaban J connectivity index is 0.000000314. The molecule has 4 heteroatoms. The Bertz CT molecular complexity index is 694. The van der Waals surface area contributed by atoms with Gasteiger partial charge in [0.2, 0.25) is 5.91 Å². The number of nitrogens with one attached hydrogen (secondary N) is 1. The maximum atomic E-state index is 11.2. The van der Waals surface area contributed by atoms with Crippen LogP contribution in [0, 0.1) is 0 Å². The minimum atomic E-state index is -0.109. The lowest BCUT2D eigenvalue weighted by Crippen LogP contribution is -2.19. The van der Waals surface area contributed by atoms with Gasteiger partial charge in [-0.15, -0.1) is 0 Å². The van der Waals surface area contributed by atoms with Gasteiger partial charge in [0.15, 0.2) is 11.5 Å². The van der Waals surface area contributed by atoms with E-state index < -0.39 is 0 Å². The predicted octanol–water partition coefficient (Wildman–Crippen LogP) is 4.66. The minimum Gasteiger partial charge on any atom is -0.493 e. The van der Waals surface area contributed by atoms with Gasteiger partial charge >= 0.3 is 0 Å². The van der Waals surface area contributed by atoms with Crippen LogP contribution in [-0.4, -0.2) is 26.7 Å². The van der Waals surface area contributed by atoms with Crippen molar-refractivity contribution in [1.82, 2.24) is 5.32 Å². The van der Waals surface area contributed by atoms with Crippen molar-refractivity contribution < 1.29 is 14.3 Å². The van der Waals surface area contributed by atoms with Gasteiger partial charge in [0.1, 0.15) is 0 Å². The zero-order valence-corrected chi connectivity index (χ0v) is 16.3. The lowest BCUT2D eigenvalue weighted by atomic mass is 10.0. The normalized spacial score (nSPS) is 10.2. The second-order valence-electron chi connectivity index (χ2n) is 5.91. The van der Waals surface area contributed by atoms with Gasteiger partial charge in [-0.2, -0.15) is 0 Å². The Morgan fingerprint density at radius 2 is 1.69 bits per heavy atom. The van der Waals surface area contributed by atoms with E-state index in [1.165, 1.54) is 11.6 Å². The molecule has 0 unspecified atom stereocenters. The van der Waals surface area contributed by atoms with Crippen LogP contribution in [0.4, 0.5) is 0 Å². The summed E-state index contributed by atoms with van der Waals surface area (Å²) in [5.74, 6) is 1.86. The first kappa shape index (κ1) is 21.3. The number of methoxy groups -OCH3 is 2. The van der Waals surface area contributed by atoms with Crippen LogP contribution in [0.25, 0.3) is 6.08 Å². The second kappa shape index (κ2) is 11.7. The monoisotopic (exact) mass is 355 g/mol. The Morgan fingerprint density at radius 1 is 1.04 bits per heavy atom. The molecule has 0 heterocycles. The van der Waals surface area contributed by atoms with Crippen molar-refractivity contribution in [2.45, 2.75) is 26.7 Å². The van der Waals surface area contributed by atoms with Gasteiger partial charge in [0.25, 0.3) is 0 Å². The summed E-state index contributed by atoms with van der Waals surface area (Å²) in [6.07, 6.45) is 3.22. The molecule has 0 aliphatic rings. The standard InChI is InChI=1S/C13H17NO3.C9H12/c1-4-14-13(15)8-6-10-5-7-11(16-2)12(9-10)17-3;1-8(2)9-6-4-3-5-7-9/h5-9H,4H2,1-3H3,(H,14,15);3-8H,1-2H3/b8-6+;. The van der Waals surface area contributed by atoms with E-state index in [-0.39, 0.29) is 5.91 Å². The lowest BCUT2D eigenvalue weighted by molar-refractivity contribution is -0.116. The molecule has 0 saturated heterocycles. The molecule has 0 fully saturated rings. The van der Waals surface area contributed by atoms with Gasteiger partial charge in [-0.3, -0.25) is 4.79 Å². The highest BCUT2D eigenvalue weighted by atomic mass is 16.5. The summed E-state index contributed by atoms with van der Waals surface area (Å²) in [4.78, 5) is 11.2. The van der Waals surface area contributed by atoms with Crippen LogP contribution in [0.5, 0.6) is 11.5 Å². The Kier molecular flexibility index (Phi) is 9.62. The molecule has 2 aromatic rings. The van der Waals surface area contributed by atoms with Crippen LogP contribution in [0.3, 0.4) is 0 Å². The number of rotatable bonds is 6. The van der Waals surface area contributed by atoms with Crippen molar-refractivity contribution in [2.24, 2.45) is 0 Å². The summed E-state index contributed by atoms with van der Waals surface area (Å²) in [7, 11) is 3.16. The molecule has 2 rings (SSSR count). The van der Waals surface area contributed by atoms with E-state index in [9.17, 15) is 4.79 Å². The predicted molar refractivity (Wildman–Crippen MR) is 108 cm³/mol. The number of hydrogen-bond acceptors (Lipinski definition) is 3. The highest BCUT2D eigenvalue weighted by Crippen LogP contribution is 2.27. The molecule has 0 aliphatic carbocycles. The molecular formula is C22H29NO3. The largest absolute Gasteiger partial charge is 0.493 e. The van der Waals surface area contributed by atoms with Crippen LogP contribution < -0.4 is 14.8 Å². The minimum absolute atomic E-state index is 0.109. The Hall–Kier alpha value is -2.75. The number of carbonyl (C=O) groups is 1. The Morgan fingerprint density at radius 3 is 2.19 bits per heavy atom. The maximum absolute atomic E-state index is 11.2. The van der Waals surface area contributed by atoms with E-state index >= 15 is 0 Å². The zero-order chi connectivity index (χ0) is 19.4. The molecule has 2 aromatic carbocycles. The first-order valence-electron chi connectivity index (χ1n) is 8.74. The number of ether oxygens (including phenoxy) is 2. The van der Waals surface area contributed by atoms with Crippen molar-refractivity contribution in [3.05, 3.63) is 65.7 Å². The van der Waals surface area contributed by atoms with Crippen molar-refractivity contribution >= 4 is 12.0 Å². The van der Waals surface area contributed by atoms with Gasteiger partial charge in [-0.25, -0.2) is 0 Å². The third-order valence-electron chi connectivity index (χ3n) is 3.65. The van der Waals surface area contributed by atoms with Gasteiger partial charge in [0, 0.05) is 12.6 Å². The Labute approximate surface area is 156 Å². The SMILES string of the molecule is CC(C)c1ccccc1.CCNC(=O)/C=C/c1ccc(OC)c(OC)c1. The molecule has 0 aromatic heterocycles. The summed E-state index contributed by atoms with van der Waals surface area (Å²) in [5.41, 5.74) is 2.30. The second-order valence-corrected chi connectivity index (χ2v) is 5.91. The van der Waals surface area contributed by atoms with Crippen LogP contribution in [-0.2, 0) is 4.79 Å². The summed E-state index contributed by atoms with van der Waals surface area (Å²) < 4.78 is 10.3. The molecule has 4 nitrogen and oxygen atoms in total. The van der Waals surface area contributed by atoms with Crippen molar-refractivity contribution in [2.75, 3.05) is 20.8 Å². The van der Waals surface area contributed by atoms with E-state index in [4.69, 9.17) is 9.47 Å². The smallest absolute Gasteiger partial charge is 0.243 e. The number of hydrogen-bond donors (Lipinski definition) is 1. The average Bonchev–Trinajstić information content (AvgIpc) is 2.67. The van der Waals surface area contributed by atoms with Crippen molar-refractivity contribution in [1.29, 1.82) is 0 Å². The fourth-order valence-corrected chi connectivity index (χ4v) is 2.20. The van der Waals surface area contributed by atoms with E-state index in [1.807, 2.05) is 25.1 Å². The van der Waals surface area contributed by atoms with E-state index in [1.54, 1.807) is 26.4 Å². The van der Waals surface area contributed by atoms with E-state index in [0.717, 1.165) is 5.56 Å². The molecule has 26 heavy (non-hydrogen) atoms. The molecule has 0 bridgehead atoms.